The number of carbonyl (C=O) groups is 1. The quantitative estimate of drug-likeness (QED) is 0.456. The maximum atomic E-state index is 14.4. The second-order valence-corrected chi connectivity index (χ2v) is 7.63. The number of ether oxygens (including phenoxy) is 1. The third-order valence-corrected chi connectivity index (χ3v) is 5.47. The van der Waals surface area contributed by atoms with Crippen LogP contribution < -0.4 is 5.48 Å². The number of amides is 1. The molecule has 1 aliphatic rings. The highest BCUT2D eigenvalue weighted by atomic mass is 32.2. The fraction of sp³-hybridized carbons (Fsp3) is 0.286. The van der Waals surface area contributed by atoms with E-state index in [4.69, 9.17) is 9.57 Å². The SMILES string of the molecule is O=C(CSc1nnc(-c2ccccc2F)n1-c1ccccc1)NOC1CCCCO1. The number of hydrogen-bond donors (Lipinski definition) is 1. The molecule has 0 bridgehead atoms. The summed E-state index contributed by atoms with van der Waals surface area (Å²) in [7, 11) is 0. The number of halogens is 1. The molecule has 1 N–H and O–H groups in total. The zero-order valence-electron chi connectivity index (χ0n) is 16.2. The van der Waals surface area contributed by atoms with Crippen molar-refractivity contribution in [3.63, 3.8) is 0 Å². The Morgan fingerprint density at radius 2 is 1.97 bits per heavy atom. The van der Waals surface area contributed by atoms with Crippen molar-refractivity contribution in [2.45, 2.75) is 30.7 Å². The van der Waals surface area contributed by atoms with Gasteiger partial charge in [-0.15, -0.1) is 10.2 Å². The van der Waals surface area contributed by atoms with Gasteiger partial charge in [0.1, 0.15) is 5.82 Å². The third kappa shape index (κ3) is 4.86. The van der Waals surface area contributed by atoms with Crippen LogP contribution in [0.3, 0.4) is 0 Å². The molecule has 2 heterocycles. The van der Waals surface area contributed by atoms with Gasteiger partial charge in [0.15, 0.2) is 17.3 Å². The minimum atomic E-state index is -0.409. The highest BCUT2D eigenvalue weighted by Crippen LogP contribution is 2.29. The Balaban J connectivity index is 1.50. The topological polar surface area (TPSA) is 78.3 Å². The molecule has 30 heavy (non-hydrogen) atoms. The monoisotopic (exact) mass is 428 g/mol. The summed E-state index contributed by atoms with van der Waals surface area (Å²) in [6.07, 6.45) is 2.35. The first kappa shape index (κ1) is 20.5. The molecule has 9 heteroatoms. The zero-order chi connectivity index (χ0) is 20.8. The van der Waals surface area contributed by atoms with Crippen molar-refractivity contribution in [2.24, 2.45) is 0 Å². The smallest absolute Gasteiger partial charge is 0.254 e. The Morgan fingerprint density at radius 3 is 2.73 bits per heavy atom. The Labute approximate surface area is 177 Å². The number of nitrogens with one attached hydrogen (secondary N) is 1. The Hall–Kier alpha value is -2.75. The van der Waals surface area contributed by atoms with Crippen molar-refractivity contribution in [3.05, 3.63) is 60.4 Å². The van der Waals surface area contributed by atoms with E-state index >= 15 is 0 Å². The molecule has 1 saturated heterocycles. The Morgan fingerprint density at radius 1 is 1.17 bits per heavy atom. The van der Waals surface area contributed by atoms with Crippen LogP contribution in [0.2, 0.25) is 0 Å². The van der Waals surface area contributed by atoms with Crippen molar-refractivity contribution in [1.82, 2.24) is 20.2 Å². The maximum absolute atomic E-state index is 14.4. The van der Waals surface area contributed by atoms with Gasteiger partial charge in [0.2, 0.25) is 0 Å². The second kappa shape index (κ2) is 9.84. The molecule has 1 amide bonds. The minimum absolute atomic E-state index is 0.0644. The fourth-order valence-corrected chi connectivity index (χ4v) is 3.82. The zero-order valence-corrected chi connectivity index (χ0v) is 17.0. The minimum Gasteiger partial charge on any atom is -0.350 e. The molecule has 1 aromatic heterocycles. The highest BCUT2D eigenvalue weighted by molar-refractivity contribution is 7.99. The number of hydroxylamine groups is 1. The average Bonchev–Trinajstić information content (AvgIpc) is 3.21. The molecule has 4 rings (SSSR count). The van der Waals surface area contributed by atoms with Crippen LogP contribution in [0.15, 0.2) is 59.8 Å². The third-order valence-electron chi connectivity index (χ3n) is 4.54. The maximum Gasteiger partial charge on any atom is 0.254 e. The highest BCUT2D eigenvalue weighted by Gasteiger charge is 2.20. The predicted octanol–water partition coefficient (Wildman–Crippen LogP) is 3.74. The molecule has 7 nitrogen and oxygen atoms in total. The van der Waals surface area contributed by atoms with Crippen molar-refractivity contribution >= 4 is 17.7 Å². The lowest BCUT2D eigenvalue weighted by molar-refractivity contribution is -0.199. The molecule has 0 radical (unpaired) electrons. The van der Waals surface area contributed by atoms with Crippen LogP contribution in [-0.4, -0.2) is 39.3 Å². The number of nitrogens with zero attached hydrogens (tertiary/aromatic N) is 3. The van der Waals surface area contributed by atoms with E-state index in [1.807, 2.05) is 30.3 Å². The number of para-hydroxylation sites is 1. The van der Waals surface area contributed by atoms with Crippen LogP contribution in [-0.2, 0) is 14.4 Å². The van der Waals surface area contributed by atoms with Gasteiger partial charge in [-0.1, -0.05) is 42.1 Å². The fourth-order valence-electron chi connectivity index (χ4n) is 3.09. The van der Waals surface area contributed by atoms with Crippen LogP contribution in [0.25, 0.3) is 17.1 Å². The summed E-state index contributed by atoms with van der Waals surface area (Å²) in [5, 5.41) is 8.86. The van der Waals surface area contributed by atoms with E-state index < -0.39 is 12.1 Å². The molecule has 0 spiro atoms. The lowest BCUT2D eigenvalue weighted by Gasteiger charge is -2.22. The Kier molecular flexibility index (Phi) is 6.73. The van der Waals surface area contributed by atoms with Crippen LogP contribution in [0.5, 0.6) is 0 Å². The van der Waals surface area contributed by atoms with Gasteiger partial charge in [-0.3, -0.25) is 9.36 Å². The number of benzene rings is 2. The molecule has 1 fully saturated rings. The van der Waals surface area contributed by atoms with E-state index in [-0.39, 0.29) is 11.7 Å². The molecular weight excluding hydrogens is 407 g/mol. The summed E-state index contributed by atoms with van der Waals surface area (Å²) in [5.41, 5.74) is 3.54. The van der Waals surface area contributed by atoms with Crippen molar-refractivity contribution in [1.29, 1.82) is 0 Å². The van der Waals surface area contributed by atoms with Gasteiger partial charge < -0.3 is 4.74 Å². The predicted molar refractivity (Wildman–Crippen MR) is 110 cm³/mol. The lowest BCUT2D eigenvalue weighted by atomic mass is 10.2. The molecule has 1 unspecified atom stereocenters. The van der Waals surface area contributed by atoms with Gasteiger partial charge in [0.25, 0.3) is 5.91 Å². The first-order valence-electron chi connectivity index (χ1n) is 9.67. The first-order valence-corrected chi connectivity index (χ1v) is 10.7. The molecule has 0 aliphatic carbocycles. The van der Waals surface area contributed by atoms with Gasteiger partial charge in [-0.25, -0.2) is 14.7 Å². The summed E-state index contributed by atoms with van der Waals surface area (Å²) in [6, 6.07) is 15.8. The van der Waals surface area contributed by atoms with Crippen LogP contribution in [0.4, 0.5) is 4.39 Å². The van der Waals surface area contributed by atoms with E-state index in [0.29, 0.717) is 23.2 Å². The van der Waals surface area contributed by atoms with Gasteiger partial charge in [-0.05, 0) is 37.1 Å². The lowest BCUT2D eigenvalue weighted by Crippen LogP contribution is -2.34. The van der Waals surface area contributed by atoms with Crippen LogP contribution in [0, 0.1) is 5.82 Å². The molecular formula is C21H21FN4O3S. The van der Waals surface area contributed by atoms with E-state index in [0.717, 1.165) is 24.9 Å². The van der Waals surface area contributed by atoms with Crippen molar-refractivity contribution in [3.8, 4) is 17.1 Å². The standard InChI is InChI=1S/C21H21FN4O3S/c22-17-11-5-4-10-16(17)20-23-24-21(26(20)15-8-2-1-3-9-15)30-14-18(27)25-29-19-12-6-7-13-28-19/h1-5,8-11,19H,6-7,12-14H2,(H,25,27). The molecule has 2 aromatic carbocycles. The summed E-state index contributed by atoms with van der Waals surface area (Å²) < 4.78 is 21.6. The number of rotatable bonds is 7. The summed E-state index contributed by atoms with van der Waals surface area (Å²) in [5.74, 6) is -0.273. The van der Waals surface area contributed by atoms with E-state index in [9.17, 15) is 9.18 Å². The van der Waals surface area contributed by atoms with Gasteiger partial charge >= 0.3 is 0 Å². The van der Waals surface area contributed by atoms with Gasteiger partial charge in [0.05, 0.1) is 11.3 Å². The average molecular weight is 428 g/mol. The first-order chi connectivity index (χ1) is 14.7. The molecule has 1 atom stereocenters. The Bertz CT molecular complexity index is 993. The number of thioether (sulfide) groups is 1. The second-order valence-electron chi connectivity index (χ2n) is 6.68. The van der Waals surface area contributed by atoms with Crippen LogP contribution >= 0.6 is 11.8 Å². The number of aromatic nitrogens is 3. The molecule has 156 valence electrons. The molecule has 0 saturated carbocycles. The van der Waals surface area contributed by atoms with Gasteiger partial charge in [0, 0.05) is 18.7 Å². The largest absolute Gasteiger partial charge is 0.350 e. The van der Waals surface area contributed by atoms with Crippen molar-refractivity contribution < 1.29 is 18.8 Å². The summed E-state index contributed by atoms with van der Waals surface area (Å²) in [4.78, 5) is 17.5. The van der Waals surface area contributed by atoms with E-state index in [2.05, 4.69) is 15.7 Å². The number of hydrogen-bond acceptors (Lipinski definition) is 6. The van der Waals surface area contributed by atoms with E-state index in [1.165, 1.54) is 17.8 Å². The van der Waals surface area contributed by atoms with E-state index in [1.54, 1.807) is 22.8 Å². The molecule has 1 aliphatic heterocycles. The summed E-state index contributed by atoms with van der Waals surface area (Å²) in [6.45, 7) is 0.633. The normalized spacial score (nSPS) is 16.4. The van der Waals surface area contributed by atoms with Crippen LogP contribution in [0.1, 0.15) is 19.3 Å². The number of carbonyl (C=O) groups excluding carboxylic acids is 1. The summed E-state index contributed by atoms with van der Waals surface area (Å²) >= 11 is 1.19. The van der Waals surface area contributed by atoms with Crippen molar-refractivity contribution in [2.75, 3.05) is 12.4 Å². The van der Waals surface area contributed by atoms with Gasteiger partial charge in [-0.2, -0.15) is 0 Å². The molecule has 3 aromatic rings.